The lowest BCUT2D eigenvalue weighted by molar-refractivity contribution is -0.142. The van der Waals surface area contributed by atoms with E-state index in [0.717, 1.165) is 16.7 Å². The van der Waals surface area contributed by atoms with Crippen molar-refractivity contribution in [2.24, 2.45) is 0 Å². The number of carbonyl (C=O) groups is 1. The van der Waals surface area contributed by atoms with Gasteiger partial charge in [-0.3, -0.25) is 9.69 Å². The molecule has 1 unspecified atom stereocenters. The van der Waals surface area contributed by atoms with Crippen LogP contribution >= 0.6 is 0 Å². The molecule has 0 aliphatic carbocycles. The van der Waals surface area contributed by atoms with E-state index < -0.39 is 0 Å². The number of rotatable bonds is 8. The van der Waals surface area contributed by atoms with E-state index in [4.69, 9.17) is 4.74 Å². The van der Waals surface area contributed by atoms with Gasteiger partial charge in [-0.1, -0.05) is 72.8 Å². The topological polar surface area (TPSA) is 29.5 Å². The number of hydrogen-bond acceptors (Lipinski definition) is 3. The number of carbonyl (C=O) groups excluding carboxylic acids is 1. The number of halogens is 1. The maximum atomic E-state index is 14.0. The molecule has 150 valence electrons. The van der Waals surface area contributed by atoms with E-state index in [1.807, 2.05) is 42.5 Å². The first-order valence-corrected chi connectivity index (χ1v) is 9.75. The van der Waals surface area contributed by atoms with E-state index in [0.29, 0.717) is 6.54 Å². The highest BCUT2D eigenvalue weighted by atomic mass is 19.1. The number of hydrogen-bond donors (Lipinski definition) is 0. The average Bonchev–Trinajstić information content (AvgIpc) is 2.76. The lowest BCUT2D eigenvalue weighted by Gasteiger charge is -2.37. The second-order valence-corrected chi connectivity index (χ2v) is 7.10. The van der Waals surface area contributed by atoms with Crippen molar-refractivity contribution >= 4 is 5.97 Å². The maximum Gasteiger partial charge on any atom is 0.307 e. The number of esters is 1. The van der Waals surface area contributed by atoms with Crippen LogP contribution in [0, 0.1) is 5.82 Å². The van der Waals surface area contributed by atoms with Gasteiger partial charge in [0.25, 0.3) is 0 Å². The summed E-state index contributed by atoms with van der Waals surface area (Å²) in [5.41, 5.74) is 3.02. The molecule has 3 nitrogen and oxygen atoms in total. The van der Waals surface area contributed by atoms with E-state index in [1.165, 1.54) is 19.2 Å². The molecule has 0 saturated carbocycles. The molecule has 0 spiro atoms. The molecule has 3 rings (SSSR count). The Morgan fingerprint density at radius 1 is 0.931 bits per heavy atom. The summed E-state index contributed by atoms with van der Waals surface area (Å²) < 4.78 is 19.0. The van der Waals surface area contributed by atoms with Crippen LogP contribution < -0.4 is 0 Å². The second kappa shape index (κ2) is 9.99. The van der Waals surface area contributed by atoms with E-state index >= 15 is 0 Å². The molecule has 0 amide bonds. The van der Waals surface area contributed by atoms with Gasteiger partial charge in [0, 0.05) is 18.6 Å². The summed E-state index contributed by atoms with van der Waals surface area (Å²) in [5.74, 6) is -0.637. The fourth-order valence-corrected chi connectivity index (χ4v) is 3.62. The quantitative estimate of drug-likeness (QED) is 0.462. The Morgan fingerprint density at radius 3 is 2.17 bits per heavy atom. The van der Waals surface area contributed by atoms with Crippen molar-refractivity contribution in [3.63, 3.8) is 0 Å². The third-order valence-electron chi connectivity index (χ3n) is 5.21. The van der Waals surface area contributed by atoms with Crippen molar-refractivity contribution in [2.45, 2.75) is 32.0 Å². The standard InChI is InChI=1S/C25H26FNO2/c1-19(21-12-7-4-8-13-21)27(18-20-10-5-3-6-11-20)24(17-25(28)29-2)22-14-9-15-23(26)16-22/h3-16,19,24H,17-18H2,1-2H3/t19-,24?/m0/s1. The molecule has 0 fully saturated rings. The maximum absolute atomic E-state index is 14.0. The van der Waals surface area contributed by atoms with E-state index in [1.54, 1.807) is 6.07 Å². The molecular weight excluding hydrogens is 365 g/mol. The van der Waals surface area contributed by atoms with Gasteiger partial charge < -0.3 is 4.74 Å². The molecule has 0 aromatic heterocycles. The molecule has 3 aromatic carbocycles. The first-order chi connectivity index (χ1) is 14.1. The lowest BCUT2D eigenvalue weighted by Crippen LogP contribution is -2.33. The Kier molecular flexibility index (Phi) is 7.14. The highest BCUT2D eigenvalue weighted by Gasteiger charge is 2.29. The molecule has 3 aromatic rings. The van der Waals surface area contributed by atoms with Gasteiger partial charge in [0.1, 0.15) is 5.82 Å². The van der Waals surface area contributed by atoms with Crippen molar-refractivity contribution < 1.29 is 13.9 Å². The molecule has 0 heterocycles. The lowest BCUT2D eigenvalue weighted by atomic mass is 9.96. The van der Waals surface area contributed by atoms with Crippen molar-refractivity contribution in [1.29, 1.82) is 0 Å². The van der Waals surface area contributed by atoms with Crippen LogP contribution in [0.3, 0.4) is 0 Å². The van der Waals surface area contributed by atoms with Gasteiger partial charge in [-0.2, -0.15) is 0 Å². The third kappa shape index (κ3) is 5.52. The zero-order valence-electron chi connectivity index (χ0n) is 16.8. The SMILES string of the molecule is COC(=O)CC(c1cccc(F)c1)N(Cc1ccccc1)[C@@H](C)c1ccccc1. The van der Waals surface area contributed by atoms with Crippen LogP contribution in [0.15, 0.2) is 84.9 Å². The first-order valence-electron chi connectivity index (χ1n) is 9.75. The predicted octanol–water partition coefficient (Wildman–Crippen LogP) is 5.69. The van der Waals surface area contributed by atoms with Crippen molar-refractivity contribution in [2.75, 3.05) is 7.11 Å². The molecule has 0 aliphatic rings. The first kappa shape index (κ1) is 20.7. The van der Waals surface area contributed by atoms with Crippen LogP contribution in [-0.2, 0) is 16.1 Å². The number of methoxy groups -OCH3 is 1. The Morgan fingerprint density at radius 2 is 1.55 bits per heavy atom. The van der Waals surface area contributed by atoms with Crippen LogP contribution in [0.25, 0.3) is 0 Å². The van der Waals surface area contributed by atoms with Gasteiger partial charge in [-0.25, -0.2) is 4.39 Å². The van der Waals surface area contributed by atoms with Gasteiger partial charge in [0.2, 0.25) is 0 Å². The summed E-state index contributed by atoms with van der Waals surface area (Å²) in [5, 5.41) is 0. The Labute approximate surface area is 171 Å². The third-order valence-corrected chi connectivity index (χ3v) is 5.21. The summed E-state index contributed by atoms with van der Waals surface area (Å²) >= 11 is 0. The zero-order valence-corrected chi connectivity index (χ0v) is 16.8. The van der Waals surface area contributed by atoms with Crippen LogP contribution in [0.1, 0.15) is 42.1 Å². The Balaban J connectivity index is 2.04. The molecule has 0 saturated heterocycles. The van der Waals surface area contributed by atoms with Gasteiger partial charge in [-0.05, 0) is 35.7 Å². The second-order valence-electron chi connectivity index (χ2n) is 7.10. The molecule has 4 heteroatoms. The monoisotopic (exact) mass is 391 g/mol. The molecule has 29 heavy (non-hydrogen) atoms. The zero-order chi connectivity index (χ0) is 20.6. The number of ether oxygens (including phenoxy) is 1. The van der Waals surface area contributed by atoms with E-state index in [9.17, 15) is 9.18 Å². The molecule has 0 bridgehead atoms. The van der Waals surface area contributed by atoms with Crippen LogP contribution in [0.2, 0.25) is 0 Å². The molecular formula is C25H26FNO2. The van der Waals surface area contributed by atoms with Crippen molar-refractivity contribution in [3.8, 4) is 0 Å². The highest BCUT2D eigenvalue weighted by Crippen LogP contribution is 2.35. The fraction of sp³-hybridized carbons (Fsp3) is 0.240. The predicted molar refractivity (Wildman–Crippen MR) is 113 cm³/mol. The Bertz CT molecular complexity index is 914. The minimum absolute atomic E-state index is 0.00864. The summed E-state index contributed by atoms with van der Waals surface area (Å²) in [6.45, 7) is 2.73. The molecule has 0 aliphatic heterocycles. The fourth-order valence-electron chi connectivity index (χ4n) is 3.62. The van der Waals surface area contributed by atoms with Gasteiger partial charge in [0.05, 0.1) is 13.5 Å². The van der Waals surface area contributed by atoms with Crippen molar-refractivity contribution in [1.82, 2.24) is 4.90 Å². The molecule has 0 N–H and O–H groups in total. The Hall–Kier alpha value is -2.98. The van der Waals surface area contributed by atoms with Crippen LogP contribution in [0.4, 0.5) is 4.39 Å². The molecule has 0 radical (unpaired) electrons. The van der Waals surface area contributed by atoms with Gasteiger partial charge >= 0.3 is 5.97 Å². The van der Waals surface area contributed by atoms with Gasteiger partial charge in [-0.15, -0.1) is 0 Å². The van der Waals surface area contributed by atoms with Crippen LogP contribution in [0.5, 0.6) is 0 Å². The van der Waals surface area contributed by atoms with Crippen molar-refractivity contribution in [3.05, 3.63) is 107 Å². The average molecular weight is 391 g/mol. The minimum Gasteiger partial charge on any atom is -0.469 e. The molecule has 2 atom stereocenters. The summed E-state index contributed by atoms with van der Waals surface area (Å²) in [6, 6.07) is 26.4. The number of nitrogens with zero attached hydrogens (tertiary/aromatic N) is 1. The summed E-state index contributed by atoms with van der Waals surface area (Å²) in [4.78, 5) is 14.5. The van der Waals surface area contributed by atoms with E-state index in [2.05, 4.69) is 36.1 Å². The minimum atomic E-state index is -0.325. The largest absolute Gasteiger partial charge is 0.469 e. The summed E-state index contributed by atoms with van der Waals surface area (Å²) in [7, 11) is 1.38. The van der Waals surface area contributed by atoms with Gasteiger partial charge in [0.15, 0.2) is 0 Å². The van der Waals surface area contributed by atoms with Crippen LogP contribution in [-0.4, -0.2) is 18.0 Å². The summed E-state index contributed by atoms with van der Waals surface area (Å²) in [6.07, 6.45) is 0.143. The van der Waals surface area contributed by atoms with E-state index in [-0.39, 0.29) is 30.3 Å². The smallest absolute Gasteiger partial charge is 0.307 e. The normalized spacial score (nSPS) is 13.1. The highest BCUT2D eigenvalue weighted by molar-refractivity contribution is 5.70. The number of benzene rings is 3.